The average Bonchev–Trinajstić information content (AvgIpc) is 3.36. The van der Waals surface area contributed by atoms with Crippen molar-refractivity contribution in [1.82, 2.24) is 10.2 Å². The summed E-state index contributed by atoms with van der Waals surface area (Å²) in [6.07, 6.45) is 0.363. The summed E-state index contributed by atoms with van der Waals surface area (Å²) in [6.45, 7) is 5.88. The summed E-state index contributed by atoms with van der Waals surface area (Å²) in [7, 11) is 0. The van der Waals surface area contributed by atoms with Crippen LogP contribution in [-0.2, 0) is 9.59 Å². The summed E-state index contributed by atoms with van der Waals surface area (Å²) in [5, 5.41) is 12.8. The Kier molecular flexibility index (Phi) is 6.17. The van der Waals surface area contributed by atoms with E-state index >= 15 is 0 Å². The maximum absolute atomic E-state index is 12.8. The first-order valence-corrected chi connectivity index (χ1v) is 11.4. The van der Waals surface area contributed by atoms with Gasteiger partial charge in [0.1, 0.15) is 10.8 Å². The number of para-hydroxylation sites is 1. The lowest BCUT2D eigenvalue weighted by atomic mass is 10.1. The number of aryl methyl sites for hydroxylation is 1. The Labute approximate surface area is 195 Å². The number of amides is 2. The quantitative estimate of drug-likeness (QED) is 0.558. The third-order valence-corrected chi connectivity index (χ3v) is 6.53. The second-order valence-corrected chi connectivity index (χ2v) is 9.60. The molecule has 0 spiro atoms. The minimum atomic E-state index is -1.13. The van der Waals surface area contributed by atoms with Crippen molar-refractivity contribution in [3.63, 3.8) is 0 Å². The fourth-order valence-electron chi connectivity index (χ4n) is 3.51. The molecule has 0 saturated carbocycles. The number of nitrogens with one attached hydrogen (secondary N) is 1. The molecule has 2 heterocycles. The summed E-state index contributed by atoms with van der Waals surface area (Å²) in [5.74, 6) is 0.179. The zero-order chi connectivity index (χ0) is 22.9. The lowest BCUT2D eigenvalue weighted by Gasteiger charge is -2.24. The topological polar surface area (TPSA) is 84.4 Å². The van der Waals surface area contributed by atoms with Crippen LogP contribution in [0, 0.1) is 6.92 Å². The van der Waals surface area contributed by atoms with E-state index in [9.17, 15) is 9.59 Å². The van der Waals surface area contributed by atoms with Crippen LogP contribution in [0.15, 0.2) is 48.5 Å². The van der Waals surface area contributed by atoms with E-state index < -0.39 is 5.60 Å². The molecule has 1 aliphatic heterocycles. The number of halogens is 1. The van der Waals surface area contributed by atoms with E-state index in [1.165, 1.54) is 11.3 Å². The monoisotopic (exact) mass is 470 g/mol. The number of aromatic nitrogens is 2. The molecule has 0 radical (unpaired) electrons. The van der Waals surface area contributed by atoms with Crippen molar-refractivity contribution in [3.8, 4) is 5.75 Å². The van der Waals surface area contributed by atoms with Crippen LogP contribution in [0.3, 0.4) is 0 Å². The van der Waals surface area contributed by atoms with Crippen molar-refractivity contribution in [2.45, 2.75) is 38.7 Å². The molecule has 1 atom stereocenters. The molecule has 1 unspecified atom stereocenters. The molecule has 0 aliphatic carbocycles. The number of carbonyl (C=O) groups is 2. The van der Waals surface area contributed by atoms with Crippen LogP contribution in [0.25, 0.3) is 0 Å². The van der Waals surface area contributed by atoms with Crippen molar-refractivity contribution in [2.75, 3.05) is 16.8 Å². The Balaban J connectivity index is 1.41. The standard InChI is InChI=1S/C23H23ClN4O3S/c1-14-6-4-5-7-18(14)28-13-15(12-19(28)29)20-26-27-22(32-20)25-21(30)23(2,3)31-17-10-8-16(24)9-11-17/h4-11,15H,12-13H2,1-3H3,(H,25,27,30). The predicted octanol–water partition coefficient (Wildman–Crippen LogP) is 4.82. The van der Waals surface area contributed by atoms with Gasteiger partial charge in [-0.1, -0.05) is 41.1 Å². The van der Waals surface area contributed by atoms with Gasteiger partial charge in [-0.25, -0.2) is 0 Å². The zero-order valence-electron chi connectivity index (χ0n) is 18.0. The molecule has 1 aromatic heterocycles. The van der Waals surface area contributed by atoms with Gasteiger partial charge in [0.2, 0.25) is 11.0 Å². The van der Waals surface area contributed by atoms with Gasteiger partial charge in [0.05, 0.1) is 0 Å². The number of benzene rings is 2. The van der Waals surface area contributed by atoms with Gasteiger partial charge in [0, 0.05) is 29.6 Å². The van der Waals surface area contributed by atoms with Crippen molar-refractivity contribution in [1.29, 1.82) is 0 Å². The largest absolute Gasteiger partial charge is 0.478 e. The number of nitrogens with zero attached hydrogens (tertiary/aromatic N) is 3. The molecule has 1 aliphatic rings. The van der Waals surface area contributed by atoms with Crippen LogP contribution in [0.4, 0.5) is 10.8 Å². The number of carbonyl (C=O) groups excluding carboxylic acids is 2. The number of rotatable bonds is 6. The Morgan fingerprint density at radius 1 is 1.19 bits per heavy atom. The molecule has 32 heavy (non-hydrogen) atoms. The number of anilines is 2. The van der Waals surface area contributed by atoms with Crippen molar-refractivity contribution in [2.24, 2.45) is 0 Å². The van der Waals surface area contributed by atoms with Gasteiger partial charge in [-0.2, -0.15) is 0 Å². The van der Waals surface area contributed by atoms with Crippen LogP contribution in [-0.4, -0.2) is 34.2 Å². The summed E-state index contributed by atoms with van der Waals surface area (Å²) in [4.78, 5) is 27.2. The smallest absolute Gasteiger partial charge is 0.269 e. The highest BCUT2D eigenvalue weighted by Gasteiger charge is 2.35. The normalized spacial score (nSPS) is 16.3. The second-order valence-electron chi connectivity index (χ2n) is 8.16. The highest BCUT2D eigenvalue weighted by atomic mass is 35.5. The Bertz CT molecular complexity index is 1150. The highest BCUT2D eigenvalue weighted by Crippen LogP contribution is 2.35. The molecular formula is C23H23ClN4O3S. The summed E-state index contributed by atoms with van der Waals surface area (Å²) < 4.78 is 5.82. The van der Waals surface area contributed by atoms with E-state index in [-0.39, 0.29) is 17.7 Å². The summed E-state index contributed by atoms with van der Waals surface area (Å²) in [6, 6.07) is 14.6. The van der Waals surface area contributed by atoms with E-state index in [1.807, 2.05) is 31.2 Å². The maximum Gasteiger partial charge on any atom is 0.269 e. The molecule has 9 heteroatoms. The van der Waals surface area contributed by atoms with E-state index in [2.05, 4.69) is 15.5 Å². The fraction of sp³-hybridized carbons (Fsp3) is 0.304. The average molecular weight is 471 g/mol. The first-order chi connectivity index (χ1) is 15.2. The molecule has 1 N–H and O–H groups in total. The summed E-state index contributed by atoms with van der Waals surface area (Å²) >= 11 is 7.18. The van der Waals surface area contributed by atoms with Gasteiger partial charge in [0.25, 0.3) is 5.91 Å². The Hall–Kier alpha value is -2.97. The lowest BCUT2D eigenvalue weighted by molar-refractivity contribution is -0.128. The maximum atomic E-state index is 12.8. The van der Waals surface area contributed by atoms with Crippen molar-refractivity contribution >= 4 is 45.6 Å². The van der Waals surface area contributed by atoms with Gasteiger partial charge in [0.15, 0.2) is 5.60 Å². The minimum absolute atomic E-state index is 0.0579. The van der Waals surface area contributed by atoms with Gasteiger partial charge in [-0.15, -0.1) is 10.2 Å². The van der Waals surface area contributed by atoms with Crippen LogP contribution < -0.4 is 15.0 Å². The second kappa shape index (κ2) is 8.88. The van der Waals surface area contributed by atoms with Gasteiger partial charge < -0.3 is 9.64 Å². The minimum Gasteiger partial charge on any atom is -0.478 e. The predicted molar refractivity (Wildman–Crippen MR) is 126 cm³/mol. The van der Waals surface area contributed by atoms with Crippen LogP contribution in [0.5, 0.6) is 5.75 Å². The fourth-order valence-corrected chi connectivity index (χ4v) is 4.47. The third kappa shape index (κ3) is 4.76. The van der Waals surface area contributed by atoms with E-state index in [0.717, 1.165) is 16.3 Å². The first-order valence-electron chi connectivity index (χ1n) is 10.2. The molecular weight excluding hydrogens is 448 g/mol. The molecule has 2 aromatic carbocycles. The lowest BCUT2D eigenvalue weighted by Crippen LogP contribution is -2.42. The molecule has 4 rings (SSSR count). The van der Waals surface area contributed by atoms with Gasteiger partial charge >= 0.3 is 0 Å². The van der Waals surface area contributed by atoms with Gasteiger partial charge in [-0.05, 0) is 56.7 Å². The van der Waals surface area contributed by atoms with E-state index in [0.29, 0.717) is 28.9 Å². The van der Waals surface area contributed by atoms with Crippen LogP contribution in [0.1, 0.15) is 36.8 Å². The van der Waals surface area contributed by atoms with Crippen LogP contribution in [0.2, 0.25) is 5.02 Å². The molecule has 0 bridgehead atoms. The molecule has 1 saturated heterocycles. The third-order valence-electron chi connectivity index (χ3n) is 5.28. The molecule has 1 fully saturated rings. The molecule has 2 amide bonds. The molecule has 3 aromatic rings. The van der Waals surface area contributed by atoms with Crippen molar-refractivity contribution < 1.29 is 14.3 Å². The Morgan fingerprint density at radius 3 is 2.62 bits per heavy atom. The van der Waals surface area contributed by atoms with Crippen molar-refractivity contribution in [3.05, 3.63) is 64.1 Å². The molecule has 7 nitrogen and oxygen atoms in total. The van der Waals surface area contributed by atoms with E-state index in [4.69, 9.17) is 16.3 Å². The number of hydrogen-bond donors (Lipinski definition) is 1. The summed E-state index contributed by atoms with van der Waals surface area (Å²) in [5.41, 5.74) is 0.832. The zero-order valence-corrected chi connectivity index (χ0v) is 19.5. The highest BCUT2D eigenvalue weighted by molar-refractivity contribution is 7.15. The van der Waals surface area contributed by atoms with Crippen LogP contribution >= 0.6 is 22.9 Å². The van der Waals surface area contributed by atoms with Gasteiger partial charge in [-0.3, -0.25) is 14.9 Å². The number of hydrogen-bond acceptors (Lipinski definition) is 6. The SMILES string of the molecule is Cc1ccccc1N1CC(c2nnc(NC(=O)C(C)(C)Oc3ccc(Cl)cc3)s2)CC1=O. The number of ether oxygens (including phenoxy) is 1. The molecule has 166 valence electrons. The first kappa shape index (κ1) is 22.2. The Morgan fingerprint density at radius 2 is 1.91 bits per heavy atom. The van der Waals surface area contributed by atoms with E-state index in [1.54, 1.807) is 43.0 Å².